The van der Waals surface area contributed by atoms with E-state index < -0.39 is 0 Å². The van der Waals surface area contributed by atoms with E-state index in [2.05, 4.69) is 86.6 Å². The number of aromatic nitrogens is 1. The Balaban J connectivity index is 1.62. The molecule has 158 valence electrons. The zero-order valence-corrected chi connectivity index (χ0v) is 19.6. The van der Waals surface area contributed by atoms with Crippen LogP contribution in [0.2, 0.25) is 0 Å². The quantitative estimate of drug-likeness (QED) is 0.248. The van der Waals surface area contributed by atoms with Gasteiger partial charge in [0.1, 0.15) is 0 Å². The maximum absolute atomic E-state index is 4.90. The first-order valence-corrected chi connectivity index (χ1v) is 12.6. The average molecular weight is 442 g/mol. The highest BCUT2D eigenvalue weighted by atomic mass is 32.2. The highest BCUT2D eigenvalue weighted by Crippen LogP contribution is 2.50. The van der Waals surface area contributed by atoms with Crippen molar-refractivity contribution in [1.82, 2.24) is 4.98 Å². The van der Waals surface area contributed by atoms with Gasteiger partial charge in [-0.05, 0) is 85.9 Å². The molecule has 0 unspecified atom stereocenters. The third kappa shape index (κ3) is 2.71. The number of benzene rings is 5. The Hall–Kier alpha value is -3.36. The summed E-state index contributed by atoms with van der Waals surface area (Å²) in [7, 11) is 0. The van der Waals surface area contributed by atoms with Crippen LogP contribution < -0.4 is 0 Å². The minimum Gasteiger partial charge on any atom is -0.256 e. The standard InChI is InChI=1S/C31H23NS/c1-3-18-13-19(4-2)22-9-10-23-24-11-12-32-31-27-15-20-7-5-6-8-21(20)16-28(27)33-29(30(24)31)17-26(23)25(22)14-18/h5-17H,3-4H2,1-2H3. The maximum atomic E-state index is 4.90. The van der Waals surface area contributed by atoms with Gasteiger partial charge < -0.3 is 0 Å². The molecule has 0 bridgehead atoms. The van der Waals surface area contributed by atoms with Crippen LogP contribution in [0.1, 0.15) is 25.0 Å². The molecule has 2 heteroatoms. The molecule has 7 rings (SSSR count). The number of hydrogen-bond acceptors (Lipinski definition) is 2. The molecule has 0 atom stereocenters. The molecular weight excluding hydrogens is 418 g/mol. The van der Waals surface area contributed by atoms with Crippen LogP contribution in [0.25, 0.3) is 54.3 Å². The van der Waals surface area contributed by atoms with Crippen molar-refractivity contribution in [3.63, 3.8) is 0 Å². The normalized spacial score (nSPS) is 12.7. The SMILES string of the molecule is CCc1cc(CC)c2ccc3c4ccnc5c4c(cc3c2c1)Sc1cc2ccccc2cc1-5. The van der Waals surface area contributed by atoms with Gasteiger partial charge >= 0.3 is 0 Å². The predicted octanol–water partition coefficient (Wildman–Crippen LogP) is 8.95. The summed E-state index contributed by atoms with van der Waals surface area (Å²) in [6.07, 6.45) is 4.10. The van der Waals surface area contributed by atoms with E-state index in [0.717, 1.165) is 18.5 Å². The summed E-state index contributed by atoms with van der Waals surface area (Å²) < 4.78 is 0. The molecule has 33 heavy (non-hydrogen) atoms. The second-order valence-electron chi connectivity index (χ2n) is 8.97. The molecule has 1 aromatic heterocycles. The lowest BCUT2D eigenvalue weighted by Gasteiger charge is -2.22. The molecule has 1 nitrogen and oxygen atoms in total. The summed E-state index contributed by atoms with van der Waals surface area (Å²) in [5.41, 5.74) is 5.22. The van der Waals surface area contributed by atoms with E-state index in [1.54, 1.807) is 0 Å². The van der Waals surface area contributed by atoms with Crippen LogP contribution in [0.4, 0.5) is 0 Å². The zero-order valence-electron chi connectivity index (χ0n) is 18.8. The molecule has 1 aliphatic rings. The fourth-order valence-electron chi connectivity index (χ4n) is 5.52. The van der Waals surface area contributed by atoms with E-state index in [9.17, 15) is 0 Å². The molecule has 0 spiro atoms. The summed E-state index contributed by atoms with van der Waals surface area (Å²) in [6, 6.07) is 27.3. The molecule has 5 aromatic carbocycles. The van der Waals surface area contributed by atoms with Gasteiger partial charge in [-0.2, -0.15) is 0 Å². The number of pyridine rings is 1. The fourth-order valence-corrected chi connectivity index (χ4v) is 6.69. The fraction of sp³-hybridized carbons (Fsp3) is 0.129. The van der Waals surface area contributed by atoms with Crippen LogP contribution in [-0.2, 0) is 12.8 Å². The first-order chi connectivity index (χ1) is 16.2. The number of rotatable bonds is 2. The molecule has 0 fully saturated rings. The van der Waals surface area contributed by atoms with Gasteiger partial charge in [-0.1, -0.05) is 74.1 Å². The topological polar surface area (TPSA) is 12.9 Å². The number of hydrogen-bond donors (Lipinski definition) is 0. The molecule has 0 amide bonds. The van der Waals surface area contributed by atoms with Gasteiger partial charge in [0.2, 0.25) is 0 Å². The molecular formula is C31H23NS. The Morgan fingerprint density at radius 2 is 1.45 bits per heavy atom. The largest absolute Gasteiger partial charge is 0.256 e. The molecule has 6 aromatic rings. The Morgan fingerprint density at radius 1 is 0.667 bits per heavy atom. The van der Waals surface area contributed by atoms with Crippen molar-refractivity contribution in [2.45, 2.75) is 36.5 Å². The first-order valence-electron chi connectivity index (χ1n) is 11.8. The Labute approximate surface area is 197 Å². The minimum absolute atomic E-state index is 1.06. The summed E-state index contributed by atoms with van der Waals surface area (Å²) in [5, 5.41) is 10.6. The van der Waals surface area contributed by atoms with Gasteiger partial charge in [-0.15, -0.1) is 0 Å². The van der Waals surface area contributed by atoms with Crippen molar-refractivity contribution in [1.29, 1.82) is 0 Å². The van der Waals surface area contributed by atoms with Crippen molar-refractivity contribution in [2.75, 3.05) is 0 Å². The maximum Gasteiger partial charge on any atom is 0.0803 e. The smallest absolute Gasteiger partial charge is 0.0803 e. The number of nitrogens with zero attached hydrogens (tertiary/aromatic N) is 1. The van der Waals surface area contributed by atoms with Crippen LogP contribution in [-0.4, -0.2) is 4.98 Å². The predicted molar refractivity (Wildman–Crippen MR) is 143 cm³/mol. The highest BCUT2D eigenvalue weighted by molar-refractivity contribution is 7.99. The minimum atomic E-state index is 1.06. The molecule has 0 radical (unpaired) electrons. The monoisotopic (exact) mass is 441 g/mol. The van der Waals surface area contributed by atoms with Crippen molar-refractivity contribution in [3.05, 3.63) is 90.1 Å². The van der Waals surface area contributed by atoms with Gasteiger partial charge in [0.25, 0.3) is 0 Å². The van der Waals surface area contributed by atoms with Crippen LogP contribution in [0.5, 0.6) is 0 Å². The van der Waals surface area contributed by atoms with E-state index in [4.69, 9.17) is 4.98 Å². The van der Waals surface area contributed by atoms with E-state index in [0.29, 0.717) is 0 Å². The van der Waals surface area contributed by atoms with Gasteiger partial charge in [-0.3, -0.25) is 4.98 Å². The van der Waals surface area contributed by atoms with Crippen molar-refractivity contribution < 1.29 is 0 Å². The second kappa shape index (κ2) is 7.07. The first kappa shape index (κ1) is 19.1. The summed E-state index contributed by atoms with van der Waals surface area (Å²) in [5.74, 6) is 0. The van der Waals surface area contributed by atoms with E-state index in [1.807, 2.05) is 18.0 Å². The van der Waals surface area contributed by atoms with Crippen molar-refractivity contribution in [2.24, 2.45) is 0 Å². The molecule has 2 heterocycles. The number of aryl methyl sites for hydroxylation is 2. The number of fused-ring (bicyclic) bond motifs is 7. The van der Waals surface area contributed by atoms with E-state index >= 15 is 0 Å². The molecule has 0 N–H and O–H groups in total. The lowest BCUT2D eigenvalue weighted by atomic mass is 9.91. The Morgan fingerprint density at radius 3 is 2.27 bits per heavy atom. The van der Waals surface area contributed by atoms with Gasteiger partial charge in [0.15, 0.2) is 0 Å². The summed E-state index contributed by atoms with van der Waals surface area (Å²) in [4.78, 5) is 7.51. The zero-order chi connectivity index (χ0) is 22.1. The average Bonchev–Trinajstić information content (AvgIpc) is 2.87. The third-order valence-electron chi connectivity index (χ3n) is 7.20. The molecule has 0 saturated carbocycles. The molecule has 0 aliphatic carbocycles. The summed E-state index contributed by atoms with van der Waals surface area (Å²) >= 11 is 1.89. The van der Waals surface area contributed by atoms with E-state index in [-0.39, 0.29) is 0 Å². The van der Waals surface area contributed by atoms with Gasteiger partial charge in [0.05, 0.1) is 5.69 Å². The van der Waals surface area contributed by atoms with E-state index in [1.165, 1.54) is 69.6 Å². The lowest BCUT2D eigenvalue weighted by molar-refractivity contribution is 1.10. The van der Waals surface area contributed by atoms with Crippen molar-refractivity contribution >= 4 is 54.9 Å². The van der Waals surface area contributed by atoms with Gasteiger partial charge in [0, 0.05) is 26.9 Å². The van der Waals surface area contributed by atoms with Crippen LogP contribution in [0, 0.1) is 0 Å². The molecule has 1 aliphatic heterocycles. The second-order valence-corrected chi connectivity index (χ2v) is 10.1. The van der Waals surface area contributed by atoms with Crippen LogP contribution >= 0.6 is 11.8 Å². The Bertz CT molecular complexity index is 1760. The van der Waals surface area contributed by atoms with Crippen LogP contribution in [0.15, 0.2) is 88.8 Å². The molecule has 0 saturated heterocycles. The third-order valence-corrected chi connectivity index (χ3v) is 8.30. The highest BCUT2D eigenvalue weighted by Gasteiger charge is 2.23. The summed E-state index contributed by atoms with van der Waals surface area (Å²) in [6.45, 7) is 4.51. The van der Waals surface area contributed by atoms with Gasteiger partial charge in [-0.25, -0.2) is 0 Å². The van der Waals surface area contributed by atoms with Crippen LogP contribution in [0.3, 0.4) is 0 Å². The lowest BCUT2D eigenvalue weighted by Crippen LogP contribution is -1.97. The van der Waals surface area contributed by atoms with Crippen molar-refractivity contribution in [3.8, 4) is 11.3 Å². The Kier molecular flexibility index (Phi) is 4.10.